The molecule has 0 fully saturated rings. The van der Waals surface area contributed by atoms with Crippen LogP contribution < -0.4 is 0 Å². The summed E-state index contributed by atoms with van der Waals surface area (Å²) >= 11 is 0. The zero-order valence-electron chi connectivity index (χ0n) is 40.3. The summed E-state index contributed by atoms with van der Waals surface area (Å²) in [5.41, 5.74) is 25.4. The summed E-state index contributed by atoms with van der Waals surface area (Å²) in [6, 6.07) is 65.2. The van der Waals surface area contributed by atoms with E-state index >= 15 is 0 Å². The predicted octanol–water partition coefficient (Wildman–Crippen LogP) is 17.2. The van der Waals surface area contributed by atoms with Gasteiger partial charge in [-0.05, 0) is 163 Å². The van der Waals surface area contributed by atoms with Crippen LogP contribution >= 0.6 is 0 Å². The Morgan fingerprint density at radius 2 is 0.812 bits per heavy atom. The summed E-state index contributed by atoms with van der Waals surface area (Å²) in [7, 11) is 0. The zero-order valence-corrected chi connectivity index (χ0v) is 40.3. The third kappa shape index (κ3) is 8.33. The van der Waals surface area contributed by atoms with E-state index in [4.69, 9.17) is 19.4 Å². The van der Waals surface area contributed by atoms with Crippen molar-refractivity contribution in [2.24, 2.45) is 0 Å². The van der Waals surface area contributed by atoms with E-state index in [1.807, 2.05) is 48.5 Å². The topological polar surface area (TPSA) is 51.8 Å². The Labute approximate surface area is 405 Å². The van der Waals surface area contributed by atoms with Crippen molar-refractivity contribution in [1.29, 1.82) is 0 Å². The SMILES string of the molecule is Cc1cc(C)c(-c2ccc(-c3ccc(-c4c(C)cc(C)cc4C)cc3Cc3ccc(-c4ccc5c(c4)oc4ccccc45)cc3-c3nc(-c4ccccc4)nc(-c4ccccc4)n3)c(C)c2)c(C)c1. The maximum absolute atomic E-state index is 6.41. The maximum atomic E-state index is 6.41. The molecule has 0 N–H and O–H groups in total. The Bertz CT molecular complexity index is 3670. The molecule has 0 bridgehead atoms. The summed E-state index contributed by atoms with van der Waals surface area (Å²) in [4.78, 5) is 15.7. The number of benzene rings is 9. The van der Waals surface area contributed by atoms with Gasteiger partial charge in [0.15, 0.2) is 17.5 Å². The second-order valence-corrected chi connectivity index (χ2v) is 18.8. The fraction of sp³-hybridized carbons (Fsp3) is 0.123. The molecule has 334 valence electrons. The second kappa shape index (κ2) is 17.8. The summed E-state index contributed by atoms with van der Waals surface area (Å²) in [6.45, 7) is 15.5. The Balaban J connectivity index is 1.12. The molecule has 0 spiro atoms. The van der Waals surface area contributed by atoms with Crippen LogP contribution in [0.15, 0.2) is 186 Å². The molecule has 4 heteroatoms. The van der Waals surface area contributed by atoms with Crippen molar-refractivity contribution in [3.05, 3.63) is 232 Å². The molecule has 0 unspecified atom stereocenters. The molecule has 0 amide bonds. The van der Waals surface area contributed by atoms with Gasteiger partial charge in [0.2, 0.25) is 0 Å². The van der Waals surface area contributed by atoms with Crippen molar-refractivity contribution < 1.29 is 4.42 Å². The van der Waals surface area contributed by atoms with E-state index in [9.17, 15) is 0 Å². The van der Waals surface area contributed by atoms with E-state index in [0.29, 0.717) is 23.9 Å². The standard InChI is InChI=1S/C65H53N3O/c1-39-30-42(4)61(43(5)31-39)51-25-27-54(41(3)34-51)55-28-26-52(62-44(6)32-40(2)33-45(62)7)36-53(55)35-50-23-22-48(49-24-29-57-56-20-14-15-21-59(56)69-60(57)38-49)37-58(50)65-67-63(46-16-10-8-11-17-46)66-64(68-65)47-18-12-9-13-19-47/h8-34,36-38H,35H2,1-7H3. The Morgan fingerprint density at radius 3 is 1.42 bits per heavy atom. The summed E-state index contributed by atoms with van der Waals surface area (Å²) in [5.74, 6) is 1.88. The van der Waals surface area contributed by atoms with Gasteiger partial charge in [-0.25, -0.2) is 15.0 Å². The molecule has 11 aromatic rings. The lowest BCUT2D eigenvalue weighted by Gasteiger charge is -2.20. The van der Waals surface area contributed by atoms with Crippen molar-refractivity contribution in [1.82, 2.24) is 15.0 Å². The molecule has 4 nitrogen and oxygen atoms in total. The van der Waals surface area contributed by atoms with Gasteiger partial charge >= 0.3 is 0 Å². The van der Waals surface area contributed by atoms with E-state index in [1.165, 1.54) is 77.9 Å². The van der Waals surface area contributed by atoms with Crippen LogP contribution in [0.5, 0.6) is 0 Å². The minimum Gasteiger partial charge on any atom is -0.456 e. The lowest BCUT2D eigenvalue weighted by Crippen LogP contribution is -2.03. The van der Waals surface area contributed by atoms with Crippen LogP contribution in [0, 0.1) is 48.5 Å². The van der Waals surface area contributed by atoms with Crippen LogP contribution in [0.3, 0.4) is 0 Å². The number of hydrogen-bond acceptors (Lipinski definition) is 4. The first-order chi connectivity index (χ1) is 33.5. The fourth-order valence-corrected chi connectivity index (χ4v) is 10.7. The van der Waals surface area contributed by atoms with Crippen molar-refractivity contribution in [2.45, 2.75) is 54.9 Å². The molecule has 9 aromatic carbocycles. The van der Waals surface area contributed by atoms with Crippen LogP contribution in [-0.4, -0.2) is 15.0 Å². The van der Waals surface area contributed by atoms with Crippen molar-refractivity contribution in [3.8, 4) is 78.7 Å². The monoisotopic (exact) mass is 891 g/mol. The minimum absolute atomic E-state index is 0.622. The molecule has 2 aromatic heterocycles. The number of furan rings is 1. The second-order valence-electron chi connectivity index (χ2n) is 18.8. The lowest BCUT2D eigenvalue weighted by molar-refractivity contribution is 0.669. The normalized spacial score (nSPS) is 11.5. The summed E-state index contributed by atoms with van der Waals surface area (Å²) in [6.07, 6.45) is 0.635. The minimum atomic E-state index is 0.622. The van der Waals surface area contributed by atoms with Crippen LogP contribution in [0.1, 0.15) is 50.1 Å². The highest BCUT2D eigenvalue weighted by Crippen LogP contribution is 2.40. The van der Waals surface area contributed by atoms with E-state index in [0.717, 1.165) is 55.3 Å². The number of para-hydroxylation sites is 1. The molecule has 0 atom stereocenters. The van der Waals surface area contributed by atoms with Crippen molar-refractivity contribution in [3.63, 3.8) is 0 Å². The van der Waals surface area contributed by atoms with Crippen LogP contribution in [0.4, 0.5) is 0 Å². The molecule has 0 aliphatic heterocycles. The Hall–Kier alpha value is -8.21. The first-order valence-corrected chi connectivity index (χ1v) is 23.9. The maximum Gasteiger partial charge on any atom is 0.164 e. The number of hydrogen-bond donors (Lipinski definition) is 0. The average Bonchev–Trinajstić information content (AvgIpc) is 3.72. The number of aromatic nitrogens is 3. The van der Waals surface area contributed by atoms with Crippen molar-refractivity contribution >= 4 is 21.9 Å². The number of fused-ring (bicyclic) bond motifs is 3. The van der Waals surface area contributed by atoms with Gasteiger partial charge < -0.3 is 4.42 Å². The number of nitrogens with zero attached hydrogens (tertiary/aromatic N) is 3. The van der Waals surface area contributed by atoms with Gasteiger partial charge in [0.05, 0.1) is 0 Å². The third-order valence-electron chi connectivity index (χ3n) is 13.7. The number of aryl methyl sites for hydroxylation is 7. The third-order valence-corrected chi connectivity index (χ3v) is 13.7. The van der Waals surface area contributed by atoms with E-state index in [1.54, 1.807) is 0 Å². The lowest BCUT2D eigenvalue weighted by atomic mass is 9.85. The molecule has 0 radical (unpaired) electrons. The fourth-order valence-electron chi connectivity index (χ4n) is 10.7. The number of rotatable bonds is 9. The van der Waals surface area contributed by atoms with Gasteiger partial charge in [-0.3, -0.25) is 0 Å². The Morgan fingerprint density at radius 1 is 0.319 bits per heavy atom. The highest BCUT2D eigenvalue weighted by molar-refractivity contribution is 6.06. The highest BCUT2D eigenvalue weighted by Gasteiger charge is 2.21. The molecular weight excluding hydrogens is 839 g/mol. The molecule has 0 saturated carbocycles. The van der Waals surface area contributed by atoms with Crippen molar-refractivity contribution in [2.75, 3.05) is 0 Å². The van der Waals surface area contributed by atoms with Gasteiger partial charge in [-0.15, -0.1) is 0 Å². The average molecular weight is 892 g/mol. The zero-order chi connectivity index (χ0) is 47.3. The first-order valence-electron chi connectivity index (χ1n) is 23.9. The molecule has 0 saturated heterocycles. The molecule has 0 aliphatic carbocycles. The van der Waals surface area contributed by atoms with E-state index in [2.05, 4.69) is 182 Å². The summed E-state index contributed by atoms with van der Waals surface area (Å²) in [5, 5.41) is 2.21. The molecule has 69 heavy (non-hydrogen) atoms. The van der Waals surface area contributed by atoms with Gasteiger partial charge in [0.1, 0.15) is 11.2 Å². The van der Waals surface area contributed by atoms with Gasteiger partial charge in [0, 0.05) is 27.5 Å². The van der Waals surface area contributed by atoms with Crippen LogP contribution in [0.25, 0.3) is 101 Å². The largest absolute Gasteiger partial charge is 0.456 e. The van der Waals surface area contributed by atoms with Crippen LogP contribution in [0.2, 0.25) is 0 Å². The molecule has 11 rings (SSSR count). The van der Waals surface area contributed by atoms with E-state index in [-0.39, 0.29) is 0 Å². The van der Waals surface area contributed by atoms with E-state index < -0.39 is 0 Å². The first kappa shape index (κ1) is 43.4. The predicted molar refractivity (Wildman–Crippen MR) is 288 cm³/mol. The van der Waals surface area contributed by atoms with Gasteiger partial charge in [-0.1, -0.05) is 169 Å². The van der Waals surface area contributed by atoms with Crippen LogP contribution in [-0.2, 0) is 6.42 Å². The highest BCUT2D eigenvalue weighted by atomic mass is 16.3. The molecular formula is C65H53N3O. The molecule has 2 heterocycles. The van der Waals surface area contributed by atoms with Gasteiger partial charge in [0.25, 0.3) is 0 Å². The smallest absolute Gasteiger partial charge is 0.164 e. The quantitative estimate of drug-likeness (QED) is 0.145. The molecule has 0 aliphatic rings. The Kier molecular flexibility index (Phi) is 11.2. The van der Waals surface area contributed by atoms with Gasteiger partial charge in [-0.2, -0.15) is 0 Å². The summed E-state index contributed by atoms with van der Waals surface area (Å²) < 4.78 is 6.41.